The van der Waals surface area contributed by atoms with Crippen LogP contribution < -0.4 is 5.32 Å². The largest absolute Gasteiger partial charge is 0.379 e. The highest BCUT2D eigenvalue weighted by molar-refractivity contribution is 7.81. The first-order valence-electron chi connectivity index (χ1n) is 4.78. The summed E-state index contributed by atoms with van der Waals surface area (Å²) < 4.78 is 10.2. The smallest absolute Gasteiger partial charge is 0.229 e. The van der Waals surface area contributed by atoms with E-state index in [1.807, 2.05) is 0 Å². The quantitative estimate of drug-likeness (QED) is 0.309. The Balaban J connectivity index is 2.98. The van der Waals surface area contributed by atoms with E-state index in [2.05, 4.69) is 17.9 Å². The first-order valence-corrected chi connectivity index (χ1v) is 5.41. The molecule has 0 aliphatic rings. The molecule has 6 heteroatoms. The Morgan fingerprint density at radius 1 is 1.20 bits per heavy atom. The van der Waals surface area contributed by atoms with Crippen LogP contribution in [0.1, 0.15) is 6.42 Å². The number of hydrogen-bond donors (Lipinski definition) is 2. The minimum atomic E-state index is -0.107. The van der Waals surface area contributed by atoms with Crippen molar-refractivity contribution in [2.75, 3.05) is 38.7 Å². The molecule has 0 rings (SSSR count). The molecule has 0 aliphatic heterocycles. The molecule has 0 unspecified atom stereocenters. The fraction of sp³-hybridized carbons (Fsp3) is 0.778. The second-order valence-electron chi connectivity index (χ2n) is 2.69. The Kier molecular flexibility index (Phi) is 11.0. The number of ether oxygens (including phenoxy) is 2. The fourth-order valence-electron chi connectivity index (χ4n) is 0.772. The van der Waals surface area contributed by atoms with Crippen molar-refractivity contribution in [3.63, 3.8) is 0 Å². The molecule has 0 aromatic rings. The van der Waals surface area contributed by atoms with Gasteiger partial charge in [0.25, 0.3) is 0 Å². The molecule has 15 heavy (non-hydrogen) atoms. The van der Waals surface area contributed by atoms with Gasteiger partial charge in [-0.1, -0.05) is 0 Å². The summed E-state index contributed by atoms with van der Waals surface area (Å²) in [4.78, 5) is 20.6. The van der Waals surface area contributed by atoms with Crippen molar-refractivity contribution in [2.24, 2.45) is 0 Å². The number of hydrogen-bond acceptors (Lipinski definition) is 5. The molecule has 0 spiro atoms. The van der Waals surface area contributed by atoms with Crippen LogP contribution in [0.4, 0.5) is 0 Å². The number of aldehydes is 1. The van der Waals surface area contributed by atoms with Gasteiger partial charge in [-0.3, -0.25) is 4.79 Å². The zero-order valence-corrected chi connectivity index (χ0v) is 9.50. The summed E-state index contributed by atoms with van der Waals surface area (Å²) in [7, 11) is 0. The van der Waals surface area contributed by atoms with Gasteiger partial charge in [-0.2, -0.15) is 12.6 Å². The number of thiol groups is 1. The Hall–Kier alpha value is -0.590. The molecule has 0 saturated heterocycles. The number of nitrogens with one attached hydrogen (secondary N) is 1. The third-order valence-electron chi connectivity index (χ3n) is 1.46. The van der Waals surface area contributed by atoms with Crippen LogP contribution >= 0.6 is 12.6 Å². The maximum absolute atomic E-state index is 10.7. The average Bonchev–Trinajstić information content (AvgIpc) is 2.26. The van der Waals surface area contributed by atoms with E-state index < -0.39 is 0 Å². The zero-order chi connectivity index (χ0) is 11.4. The lowest BCUT2D eigenvalue weighted by molar-refractivity contribution is -0.118. The Labute approximate surface area is 94.9 Å². The van der Waals surface area contributed by atoms with Crippen molar-refractivity contribution < 1.29 is 19.1 Å². The van der Waals surface area contributed by atoms with Gasteiger partial charge in [0.05, 0.1) is 32.2 Å². The van der Waals surface area contributed by atoms with Crippen LogP contribution in [0.5, 0.6) is 0 Å². The molecule has 1 amide bonds. The van der Waals surface area contributed by atoms with E-state index in [0.717, 1.165) is 6.29 Å². The van der Waals surface area contributed by atoms with Gasteiger partial charge in [-0.05, 0) is 0 Å². The van der Waals surface area contributed by atoms with E-state index in [-0.39, 0.29) is 11.7 Å². The highest BCUT2D eigenvalue weighted by Gasteiger charge is 1.95. The van der Waals surface area contributed by atoms with Crippen molar-refractivity contribution in [1.82, 2.24) is 5.32 Å². The molecule has 0 aromatic carbocycles. The van der Waals surface area contributed by atoms with Gasteiger partial charge in [0.1, 0.15) is 6.29 Å². The molecule has 0 bridgehead atoms. The molecule has 0 heterocycles. The van der Waals surface area contributed by atoms with Crippen molar-refractivity contribution in [2.45, 2.75) is 6.42 Å². The van der Waals surface area contributed by atoms with E-state index in [1.54, 1.807) is 0 Å². The van der Waals surface area contributed by atoms with Gasteiger partial charge in [0.15, 0.2) is 0 Å². The third kappa shape index (κ3) is 11.3. The molecule has 1 N–H and O–H groups in total. The number of carbonyl (C=O) groups is 2. The second kappa shape index (κ2) is 11.5. The van der Waals surface area contributed by atoms with E-state index in [9.17, 15) is 9.59 Å². The van der Waals surface area contributed by atoms with Gasteiger partial charge < -0.3 is 19.6 Å². The first kappa shape index (κ1) is 14.4. The van der Waals surface area contributed by atoms with E-state index >= 15 is 0 Å². The van der Waals surface area contributed by atoms with Gasteiger partial charge in [0, 0.05) is 13.0 Å². The summed E-state index contributed by atoms with van der Waals surface area (Å²) in [5.41, 5.74) is 0. The maximum atomic E-state index is 10.7. The van der Waals surface area contributed by atoms with Gasteiger partial charge in [0.2, 0.25) is 5.91 Å². The predicted molar refractivity (Wildman–Crippen MR) is 59.2 cm³/mol. The molecule has 5 nitrogen and oxygen atoms in total. The van der Waals surface area contributed by atoms with Crippen LogP contribution in [-0.2, 0) is 19.1 Å². The summed E-state index contributed by atoms with van der Waals surface area (Å²) in [6.07, 6.45) is 1.23. The number of carbonyl (C=O) groups excluding carboxylic acids is 2. The molecule has 88 valence electrons. The first-order chi connectivity index (χ1) is 7.31. The summed E-state index contributed by atoms with van der Waals surface area (Å²) >= 11 is 3.81. The highest BCUT2D eigenvalue weighted by Crippen LogP contribution is 1.81. The molecule has 0 radical (unpaired) electrons. The molecule has 0 aliphatic carbocycles. The Bertz CT molecular complexity index is 177. The second-order valence-corrected chi connectivity index (χ2v) is 3.00. The summed E-state index contributed by atoms with van der Waals surface area (Å²) in [5.74, 6) is 0.0820. The topological polar surface area (TPSA) is 64.6 Å². The predicted octanol–water partition coefficient (Wildman–Crippen LogP) is -0.345. The Morgan fingerprint density at radius 2 is 1.87 bits per heavy atom. The average molecular weight is 235 g/mol. The van der Waals surface area contributed by atoms with Crippen molar-refractivity contribution in [3.05, 3.63) is 0 Å². The van der Waals surface area contributed by atoms with E-state index in [4.69, 9.17) is 9.47 Å². The molecule has 0 atom stereocenters. The van der Waals surface area contributed by atoms with E-state index in [1.165, 1.54) is 0 Å². The summed E-state index contributed by atoms with van der Waals surface area (Å²) in [5, 5.41) is 2.62. The third-order valence-corrected chi connectivity index (χ3v) is 1.75. The molecular weight excluding hydrogens is 218 g/mol. The zero-order valence-electron chi connectivity index (χ0n) is 8.61. The molecular formula is C9H17NO4S. The monoisotopic (exact) mass is 235 g/mol. The van der Waals surface area contributed by atoms with Crippen molar-refractivity contribution >= 4 is 24.8 Å². The van der Waals surface area contributed by atoms with Crippen LogP contribution in [0, 0.1) is 0 Å². The normalized spacial score (nSPS) is 9.93. The van der Waals surface area contributed by atoms with Crippen LogP contribution in [0.25, 0.3) is 0 Å². The SMILES string of the molecule is O=CCCOCCOCCNC(=O)CS. The lowest BCUT2D eigenvalue weighted by Crippen LogP contribution is -2.28. The number of amides is 1. The lowest BCUT2D eigenvalue weighted by Gasteiger charge is -2.05. The fourth-order valence-corrected chi connectivity index (χ4v) is 0.884. The summed E-state index contributed by atoms with van der Waals surface area (Å²) in [6, 6.07) is 0. The minimum Gasteiger partial charge on any atom is -0.379 e. The standard InChI is InChI=1S/C9H17NO4S/c11-3-1-4-13-6-7-14-5-2-10-9(12)8-15/h3,15H,1-2,4-8H2,(H,10,12). The number of rotatable bonds is 10. The van der Waals surface area contributed by atoms with Crippen LogP contribution in [0.3, 0.4) is 0 Å². The Morgan fingerprint density at radius 3 is 2.47 bits per heavy atom. The van der Waals surface area contributed by atoms with Gasteiger partial charge >= 0.3 is 0 Å². The summed E-state index contributed by atoms with van der Waals surface area (Å²) in [6.45, 7) is 2.30. The van der Waals surface area contributed by atoms with Crippen LogP contribution in [-0.4, -0.2) is 50.9 Å². The van der Waals surface area contributed by atoms with Gasteiger partial charge in [-0.25, -0.2) is 0 Å². The minimum absolute atomic E-state index is 0.107. The van der Waals surface area contributed by atoms with Crippen LogP contribution in [0.15, 0.2) is 0 Å². The highest BCUT2D eigenvalue weighted by atomic mass is 32.1. The van der Waals surface area contributed by atoms with Crippen molar-refractivity contribution in [1.29, 1.82) is 0 Å². The lowest BCUT2D eigenvalue weighted by atomic mass is 10.5. The molecule has 0 aromatic heterocycles. The van der Waals surface area contributed by atoms with Gasteiger partial charge in [-0.15, -0.1) is 0 Å². The molecule has 0 saturated carbocycles. The maximum Gasteiger partial charge on any atom is 0.229 e. The van der Waals surface area contributed by atoms with Crippen LogP contribution in [0.2, 0.25) is 0 Å². The van der Waals surface area contributed by atoms with Crippen molar-refractivity contribution in [3.8, 4) is 0 Å². The molecule has 0 fully saturated rings. The van der Waals surface area contributed by atoms with E-state index in [0.29, 0.717) is 39.4 Å².